The van der Waals surface area contributed by atoms with Crippen LogP contribution in [0.4, 0.5) is 0 Å². The van der Waals surface area contributed by atoms with Crippen molar-refractivity contribution in [1.29, 1.82) is 0 Å². The van der Waals surface area contributed by atoms with Crippen molar-refractivity contribution in [2.45, 2.75) is 71.6 Å². The van der Waals surface area contributed by atoms with Crippen LogP contribution in [0, 0.1) is 5.92 Å². The van der Waals surface area contributed by atoms with E-state index in [1.54, 1.807) is 6.92 Å². The summed E-state index contributed by atoms with van der Waals surface area (Å²) in [6.07, 6.45) is 9.44. The van der Waals surface area contributed by atoms with Gasteiger partial charge in [0.25, 0.3) is 0 Å². The van der Waals surface area contributed by atoms with Gasteiger partial charge in [0.05, 0.1) is 13.0 Å². The summed E-state index contributed by atoms with van der Waals surface area (Å²) in [5, 5.41) is 0. The van der Waals surface area contributed by atoms with Crippen molar-refractivity contribution in [2.24, 2.45) is 5.92 Å². The Balaban J connectivity index is 2.31. The molecule has 0 aliphatic heterocycles. The Kier molecular flexibility index (Phi) is 9.11. The molecule has 1 amide bonds. The van der Waals surface area contributed by atoms with Crippen LogP contribution in [0.3, 0.4) is 0 Å². The first-order valence-corrected chi connectivity index (χ1v) is 8.60. The average Bonchev–Trinajstić information content (AvgIpc) is 2.50. The molecule has 4 nitrogen and oxygen atoms in total. The molecular formula is C17H31NO3. The van der Waals surface area contributed by atoms with E-state index < -0.39 is 0 Å². The van der Waals surface area contributed by atoms with Crippen LogP contribution in [0.15, 0.2) is 0 Å². The van der Waals surface area contributed by atoms with E-state index in [1.807, 2.05) is 4.90 Å². The number of carbonyl (C=O) groups is 2. The summed E-state index contributed by atoms with van der Waals surface area (Å²) in [4.78, 5) is 25.6. The zero-order valence-corrected chi connectivity index (χ0v) is 13.7. The van der Waals surface area contributed by atoms with Crippen LogP contribution in [0.1, 0.15) is 71.6 Å². The monoisotopic (exact) mass is 297 g/mol. The number of rotatable bonds is 9. The van der Waals surface area contributed by atoms with Gasteiger partial charge in [-0.05, 0) is 25.7 Å². The minimum Gasteiger partial charge on any atom is -0.466 e. The summed E-state index contributed by atoms with van der Waals surface area (Å²) >= 11 is 0. The van der Waals surface area contributed by atoms with Crippen LogP contribution < -0.4 is 0 Å². The molecule has 0 spiro atoms. The zero-order valence-electron chi connectivity index (χ0n) is 13.7. The number of hydrogen-bond donors (Lipinski definition) is 0. The van der Waals surface area contributed by atoms with Crippen LogP contribution in [-0.4, -0.2) is 36.5 Å². The van der Waals surface area contributed by atoms with Crippen molar-refractivity contribution >= 4 is 11.9 Å². The first kappa shape index (κ1) is 18.0. The van der Waals surface area contributed by atoms with Crippen molar-refractivity contribution in [1.82, 2.24) is 4.90 Å². The normalized spacial score (nSPS) is 15.7. The van der Waals surface area contributed by atoms with Crippen molar-refractivity contribution in [3.8, 4) is 0 Å². The number of carbonyl (C=O) groups excluding carboxylic acids is 2. The van der Waals surface area contributed by atoms with Gasteiger partial charge in [0.2, 0.25) is 5.91 Å². The summed E-state index contributed by atoms with van der Waals surface area (Å²) in [5.74, 6) is 0.724. The highest BCUT2D eigenvalue weighted by atomic mass is 16.5. The smallest absolute Gasteiger partial charge is 0.307 e. The molecule has 21 heavy (non-hydrogen) atoms. The van der Waals surface area contributed by atoms with Gasteiger partial charge in [-0.3, -0.25) is 9.59 Å². The molecule has 1 saturated carbocycles. The molecule has 0 saturated heterocycles. The highest BCUT2D eigenvalue weighted by Gasteiger charge is 2.18. The molecule has 0 aromatic rings. The molecule has 122 valence electrons. The summed E-state index contributed by atoms with van der Waals surface area (Å²) < 4.78 is 4.93. The largest absolute Gasteiger partial charge is 0.466 e. The van der Waals surface area contributed by atoms with Crippen LogP contribution in [0.5, 0.6) is 0 Å². The topological polar surface area (TPSA) is 46.6 Å². The van der Waals surface area contributed by atoms with Gasteiger partial charge in [-0.2, -0.15) is 0 Å². The summed E-state index contributed by atoms with van der Waals surface area (Å²) in [7, 11) is 0. The van der Waals surface area contributed by atoms with Gasteiger partial charge in [0.15, 0.2) is 0 Å². The second-order valence-electron chi connectivity index (χ2n) is 5.98. The number of ether oxygens (including phenoxy) is 1. The maximum Gasteiger partial charge on any atom is 0.307 e. The van der Waals surface area contributed by atoms with Crippen LogP contribution in [0.2, 0.25) is 0 Å². The lowest BCUT2D eigenvalue weighted by molar-refractivity contribution is -0.144. The highest BCUT2D eigenvalue weighted by Crippen LogP contribution is 2.27. The lowest BCUT2D eigenvalue weighted by Gasteiger charge is -2.25. The molecular weight excluding hydrogens is 266 g/mol. The Labute approximate surface area is 129 Å². The van der Waals surface area contributed by atoms with Crippen LogP contribution >= 0.6 is 0 Å². The van der Waals surface area contributed by atoms with Gasteiger partial charge in [-0.1, -0.05) is 39.0 Å². The fourth-order valence-corrected chi connectivity index (χ4v) is 3.05. The fraction of sp³-hybridized carbons (Fsp3) is 0.882. The van der Waals surface area contributed by atoms with Gasteiger partial charge >= 0.3 is 5.97 Å². The average molecular weight is 297 g/mol. The third-order valence-electron chi connectivity index (χ3n) is 4.23. The molecule has 1 aliphatic carbocycles. The molecule has 0 heterocycles. The third-order valence-corrected chi connectivity index (χ3v) is 4.23. The maximum atomic E-state index is 12.3. The molecule has 0 N–H and O–H groups in total. The number of nitrogens with zero attached hydrogens (tertiary/aromatic N) is 1. The van der Waals surface area contributed by atoms with Crippen molar-refractivity contribution in [3.63, 3.8) is 0 Å². The van der Waals surface area contributed by atoms with Crippen molar-refractivity contribution < 1.29 is 14.3 Å². The molecule has 4 heteroatoms. The standard InChI is InChI=1S/C17H31NO3/c1-3-13-18(14-12-17(20)21-4-2)16(19)11-10-15-8-6-5-7-9-15/h15H,3-14H2,1-2H3. The molecule has 0 bridgehead atoms. The van der Waals surface area contributed by atoms with Gasteiger partial charge in [0, 0.05) is 19.5 Å². The van der Waals surface area contributed by atoms with E-state index in [0.717, 1.165) is 25.3 Å². The molecule has 0 aromatic heterocycles. The van der Waals surface area contributed by atoms with Crippen LogP contribution in [0.25, 0.3) is 0 Å². The molecule has 0 atom stereocenters. The van der Waals surface area contributed by atoms with E-state index in [-0.39, 0.29) is 11.9 Å². The summed E-state index contributed by atoms with van der Waals surface area (Å²) in [6.45, 7) is 5.50. The van der Waals surface area contributed by atoms with E-state index in [4.69, 9.17) is 4.74 Å². The fourth-order valence-electron chi connectivity index (χ4n) is 3.05. The number of hydrogen-bond acceptors (Lipinski definition) is 3. The molecule has 1 rings (SSSR count). The molecule has 1 aliphatic rings. The Bertz CT molecular complexity index is 311. The van der Waals surface area contributed by atoms with E-state index in [9.17, 15) is 9.59 Å². The molecule has 0 radical (unpaired) electrons. The Morgan fingerprint density at radius 1 is 1.05 bits per heavy atom. The Morgan fingerprint density at radius 2 is 1.76 bits per heavy atom. The first-order valence-electron chi connectivity index (χ1n) is 8.60. The first-order chi connectivity index (χ1) is 10.2. The molecule has 0 unspecified atom stereocenters. The SMILES string of the molecule is CCCN(CCC(=O)OCC)C(=O)CCC1CCCCC1. The minimum absolute atomic E-state index is 0.201. The quantitative estimate of drug-likeness (QED) is 0.612. The van der Waals surface area contributed by atoms with Gasteiger partial charge in [0.1, 0.15) is 0 Å². The second-order valence-corrected chi connectivity index (χ2v) is 5.98. The van der Waals surface area contributed by atoms with Gasteiger partial charge < -0.3 is 9.64 Å². The van der Waals surface area contributed by atoms with E-state index in [1.165, 1.54) is 32.1 Å². The Morgan fingerprint density at radius 3 is 2.38 bits per heavy atom. The highest BCUT2D eigenvalue weighted by molar-refractivity contribution is 5.77. The van der Waals surface area contributed by atoms with Crippen molar-refractivity contribution in [3.05, 3.63) is 0 Å². The lowest BCUT2D eigenvalue weighted by Crippen LogP contribution is -2.34. The molecule has 0 aromatic carbocycles. The van der Waals surface area contributed by atoms with Gasteiger partial charge in [-0.25, -0.2) is 0 Å². The summed E-state index contributed by atoms with van der Waals surface area (Å²) in [5.41, 5.74) is 0. The van der Waals surface area contributed by atoms with E-state index >= 15 is 0 Å². The predicted molar refractivity (Wildman–Crippen MR) is 83.9 cm³/mol. The lowest BCUT2D eigenvalue weighted by atomic mass is 9.86. The maximum absolute atomic E-state index is 12.3. The summed E-state index contributed by atoms with van der Waals surface area (Å²) in [6, 6.07) is 0. The van der Waals surface area contributed by atoms with E-state index in [2.05, 4.69) is 6.92 Å². The van der Waals surface area contributed by atoms with Crippen molar-refractivity contribution in [2.75, 3.05) is 19.7 Å². The number of esters is 1. The van der Waals surface area contributed by atoms with Crippen LogP contribution in [-0.2, 0) is 14.3 Å². The Hall–Kier alpha value is -1.06. The van der Waals surface area contributed by atoms with Gasteiger partial charge in [-0.15, -0.1) is 0 Å². The van der Waals surface area contributed by atoms with E-state index in [0.29, 0.717) is 26.0 Å². The molecule has 1 fully saturated rings. The zero-order chi connectivity index (χ0) is 15.5. The predicted octanol–water partition coefficient (Wildman–Crippen LogP) is 3.54. The minimum atomic E-state index is -0.210. The number of amides is 1. The second kappa shape index (κ2) is 10.6. The third kappa shape index (κ3) is 7.49.